The first-order valence-corrected chi connectivity index (χ1v) is 4.22. The summed E-state index contributed by atoms with van der Waals surface area (Å²) in [5.41, 5.74) is 0.992. The van der Waals surface area contributed by atoms with Crippen LogP contribution in [0.25, 0.3) is 0 Å². The van der Waals surface area contributed by atoms with Gasteiger partial charge < -0.3 is 5.32 Å². The quantitative estimate of drug-likeness (QED) is 0.738. The Balaban J connectivity index is 2.59. The van der Waals surface area contributed by atoms with Crippen LogP contribution in [0.1, 0.15) is 32.5 Å². The number of nitrogens with one attached hydrogen (secondary N) is 1. The maximum atomic E-state index is 4.21. The van der Waals surface area contributed by atoms with Crippen LogP contribution in [0.15, 0.2) is 18.6 Å². The molecule has 0 aliphatic heterocycles. The standard InChI is InChI=1S/C9H15N3/c1-7(2)12-8(3)9-6-10-4-5-11-9/h4-8,12H,1-3H3/t8-/m0/s1. The van der Waals surface area contributed by atoms with Crippen molar-refractivity contribution in [3.63, 3.8) is 0 Å². The third-order valence-corrected chi connectivity index (χ3v) is 1.61. The largest absolute Gasteiger partial charge is 0.307 e. The molecule has 0 fully saturated rings. The van der Waals surface area contributed by atoms with Crippen LogP contribution < -0.4 is 5.32 Å². The van der Waals surface area contributed by atoms with Gasteiger partial charge in [0.15, 0.2) is 0 Å². The molecule has 0 spiro atoms. The molecule has 0 aromatic carbocycles. The molecule has 1 heterocycles. The molecule has 0 radical (unpaired) electrons. The summed E-state index contributed by atoms with van der Waals surface area (Å²) in [6.07, 6.45) is 5.19. The topological polar surface area (TPSA) is 37.8 Å². The first-order chi connectivity index (χ1) is 5.70. The van der Waals surface area contributed by atoms with Gasteiger partial charge in [-0.15, -0.1) is 0 Å². The van der Waals surface area contributed by atoms with Crippen LogP contribution in [0.5, 0.6) is 0 Å². The van der Waals surface area contributed by atoms with Crippen LogP contribution in [0, 0.1) is 0 Å². The van der Waals surface area contributed by atoms with Crippen molar-refractivity contribution >= 4 is 0 Å². The molecule has 1 rings (SSSR count). The smallest absolute Gasteiger partial charge is 0.0753 e. The Morgan fingerprint density at radius 2 is 2.00 bits per heavy atom. The molecule has 0 saturated heterocycles. The van der Waals surface area contributed by atoms with E-state index < -0.39 is 0 Å². The number of hydrogen-bond donors (Lipinski definition) is 1. The number of rotatable bonds is 3. The van der Waals surface area contributed by atoms with Crippen LogP contribution in [0.4, 0.5) is 0 Å². The Morgan fingerprint density at radius 3 is 2.50 bits per heavy atom. The summed E-state index contributed by atoms with van der Waals surface area (Å²) in [6.45, 7) is 6.32. The van der Waals surface area contributed by atoms with Gasteiger partial charge in [0.1, 0.15) is 0 Å². The van der Waals surface area contributed by atoms with Crippen LogP contribution in [-0.4, -0.2) is 16.0 Å². The summed E-state index contributed by atoms with van der Waals surface area (Å²) in [5.74, 6) is 0. The fourth-order valence-corrected chi connectivity index (χ4v) is 1.12. The van der Waals surface area contributed by atoms with Crippen molar-refractivity contribution in [2.45, 2.75) is 32.9 Å². The molecule has 0 unspecified atom stereocenters. The van der Waals surface area contributed by atoms with Crippen molar-refractivity contribution in [1.82, 2.24) is 15.3 Å². The Bertz CT molecular complexity index is 220. The molecule has 1 aromatic heterocycles. The number of hydrogen-bond acceptors (Lipinski definition) is 3. The van der Waals surface area contributed by atoms with Gasteiger partial charge in [-0.05, 0) is 6.92 Å². The zero-order valence-corrected chi connectivity index (χ0v) is 7.78. The lowest BCUT2D eigenvalue weighted by Crippen LogP contribution is -2.26. The van der Waals surface area contributed by atoms with Gasteiger partial charge in [0.2, 0.25) is 0 Å². The first kappa shape index (κ1) is 9.13. The normalized spacial score (nSPS) is 13.3. The molecular weight excluding hydrogens is 150 g/mol. The Morgan fingerprint density at radius 1 is 1.25 bits per heavy atom. The summed E-state index contributed by atoms with van der Waals surface area (Å²) in [4.78, 5) is 8.22. The summed E-state index contributed by atoms with van der Waals surface area (Å²) < 4.78 is 0. The van der Waals surface area contributed by atoms with E-state index in [1.54, 1.807) is 18.6 Å². The van der Waals surface area contributed by atoms with Crippen molar-refractivity contribution in [3.05, 3.63) is 24.3 Å². The lowest BCUT2D eigenvalue weighted by molar-refractivity contribution is 0.496. The van der Waals surface area contributed by atoms with Crippen LogP contribution in [0.3, 0.4) is 0 Å². The second kappa shape index (κ2) is 4.16. The third kappa shape index (κ3) is 2.58. The molecule has 1 atom stereocenters. The maximum Gasteiger partial charge on any atom is 0.0753 e. The summed E-state index contributed by atoms with van der Waals surface area (Å²) in [7, 11) is 0. The fourth-order valence-electron chi connectivity index (χ4n) is 1.12. The highest BCUT2D eigenvalue weighted by atomic mass is 15.0. The van der Waals surface area contributed by atoms with E-state index >= 15 is 0 Å². The summed E-state index contributed by atoms with van der Waals surface area (Å²) in [5, 5.41) is 3.36. The van der Waals surface area contributed by atoms with E-state index in [9.17, 15) is 0 Å². The second-order valence-electron chi connectivity index (χ2n) is 3.17. The molecule has 3 nitrogen and oxygen atoms in total. The second-order valence-corrected chi connectivity index (χ2v) is 3.17. The highest BCUT2D eigenvalue weighted by Crippen LogP contribution is 2.06. The van der Waals surface area contributed by atoms with Gasteiger partial charge in [-0.3, -0.25) is 9.97 Å². The molecule has 0 amide bonds. The Hall–Kier alpha value is -0.960. The van der Waals surface area contributed by atoms with Crippen LogP contribution in [0.2, 0.25) is 0 Å². The Kier molecular flexibility index (Phi) is 3.17. The summed E-state index contributed by atoms with van der Waals surface area (Å²) in [6, 6.07) is 0.751. The van der Waals surface area contributed by atoms with Crippen molar-refractivity contribution in [2.24, 2.45) is 0 Å². The molecule has 0 saturated carbocycles. The van der Waals surface area contributed by atoms with E-state index in [1.165, 1.54) is 0 Å². The third-order valence-electron chi connectivity index (χ3n) is 1.61. The van der Waals surface area contributed by atoms with Gasteiger partial charge in [0.05, 0.1) is 5.69 Å². The van der Waals surface area contributed by atoms with Gasteiger partial charge in [-0.1, -0.05) is 13.8 Å². The number of nitrogens with zero attached hydrogens (tertiary/aromatic N) is 2. The van der Waals surface area contributed by atoms with Crippen LogP contribution >= 0.6 is 0 Å². The molecule has 3 heteroatoms. The van der Waals surface area contributed by atoms with E-state index in [4.69, 9.17) is 0 Å². The van der Waals surface area contributed by atoms with Gasteiger partial charge >= 0.3 is 0 Å². The van der Waals surface area contributed by atoms with Gasteiger partial charge in [-0.2, -0.15) is 0 Å². The van der Waals surface area contributed by atoms with E-state index in [1.807, 2.05) is 0 Å². The molecule has 0 aliphatic rings. The zero-order valence-electron chi connectivity index (χ0n) is 7.78. The minimum Gasteiger partial charge on any atom is -0.307 e. The lowest BCUT2D eigenvalue weighted by atomic mass is 10.2. The molecule has 12 heavy (non-hydrogen) atoms. The zero-order chi connectivity index (χ0) is 8.97. The molecule has 0 bridgehead atoms. The van der Waals surface area contributed by atoms with Crippen molar-refractivity contribution in [2.75, 3.05) is 0 Å². The Labute approximate surface area is 73.2 Å². The summed E-state index contributed by atoms with van der Waals surface area (Å²) >= 11 is 0. The van der Waals surface area contributed by atoms with Crippen molar-refractivity contribution in [3.8, 4) is 0 Å². The van der Waals surface area contributed by atoms with E-state index in [2.05, 4.69) is 36.1 Å². The minimum absolute atomic E-state index is 0.277. The molecule has 1 N–H and O–H groups in total. The van der Waals surface area contributed by atoms with Crippen LogP contribution in [-0.2, 0) is 0 Å². The predicted octanol–water partition coefficient (Wildman–Crippen LogP) is 1.54. The number of aromatic nitrogens is 2. The average molecular weight is 165 g/mol. The highest BCUT2D eigenvalue weighted by Gasteiger charge is 2.06. The monoisotopic (exact) mass is 165 g/mol. The molecule has 0 aliphatic carbocycles. The van der Waals surface area contributed by atoms with E-state index in [0.717, 1.165) is 5.69 Å². The van der Waals surface area contributed by atoms with Gasteiger partial charge in [-0.25, -0.2) is 0 Å². The van der Waals surface area contributed by atoms with Gasteiger partial charge in [0, 0.05) is 30.7 Å². The molecule has 1 aromatic rings. The molecule has 66 valence electrons. The highest BCUT2D eigenvalue weighted by molar-refractivity contribution is 5.00. The fraction of sp³-hybridized carbons (Fsp3) is 0.556. The van der Waals surface area contributed by atoms with Crippen molar-refractivity contribution < 1.29 is 0 Å². The van der Waals surface area contributed by atoms with Crippen molar-refractivity contribution in [1.29, 1.82) is 0 Å². The lowest BCUT2D eigenvalue weighted by Gasteiger charge is -2.15. The first-order valence-electron chi connectivity index (χ1n) is 4.22. The van der Waals surface area contributed by atoms with E-state index in [0.29, 0.717) is 6.04 Å². The average Bonchev–Trinajstić information content (AvgIpc) is 2.05. The minimum atomic E-state index is 0.277. The predicted molar refractivity (Wildman–Crippen MR) is 48.7 cm³/mol. The van der Waals surface area contributed by atoms with Gasteiger partial charge in [0.25, 0.3) is 0 Å². The molecular formula is C9H15N3. The maximum absolute atomic E-state index is 4.21. The SMILES string of the molecule is CC(C)N[C@@H](C)c1cnccn1. The van der Waals surface area contributed by atoms with E-state index in [-0.39, 0.29) is 6.04 Å².